The lowest BCUT2D eigenvalue weighted by Gasteiger charge is -2.18. The number of carbonyl (C=O) groups is 1. The zero-order valence-electron chi connectivity index (χ0n) is 16.0. The minimum atomic E-state index is -0.0126. The summed E-state index contributed by atoms with van der Waals surface area (Å²) in [5.41, 5.74) is 7.24. The summed E-state index contributed by atoms with van der Waals surface area (Å²) in [5, 5.41) is 7.69. The van der Waals surface area contributed by atoms with E-state index in [1.54, 1.807) is 0 Å². The van der Waals surface area contributed by atoms with E-state index in [1.165, 1.54) is 11.1 Å². The lowest BCUT2D eigenvalue weighted by Crippen LogP contribution is -2.32. The normalized spacial score (nSPS) is 12.9. The Kier molecular flexibility index (Phi) is 4.44. The number of aryl methyl sites for hydroxylation is 2. The van der Waals surface area contributed by atoms with Gasteiger partial charge in [-0.25, -0.2) is 4.68 Å². The third-order valence-corrected chi connectivity index (χ3v) is 5.15. The third-order valence-electron chi connectivity index (χ3n) is 5.15. The van der Waals surface area contributed by atoms with Crippen molar-refractivity contribution in [3.05, 3.63) is 71.0 Å². The molecule has 1 amide bonds. The number of nitrogens with one attached hydrogen (secondary N) is 1. The summed E-state index contributed by atoms with van der Waals surface area (Å²) in [7, 11) is 0. The number of carbonyl (C=O) groups excluding carboxylic acids is 1. The molecule has 0 aliphatic carbocycles. The molecule has 1 N–H and O–H groups in total. The Morgan fingerprint density at radius 3 is 2.59 bits per heavy atom. The van der Waals surface area contributed by atoms with Gasteiger partial charge in [-0.1, -0.05) is 35.9 Å². The van der Waals surface area contributed by atoms with Gasteiger partial charge in [0.2, 0.25) is 5.91 Å². The van der Waals surface area contributed by atoms with Crippen LogP contribution >= 0.6 is 0 Å². The maximum atomic E-state index is 12.7. The molecule has 5 nitrogen and oxygen atoms in total. The Labute approximate surface area is 159 Å². The number of rotatable bonds is 4. The van der Waals surface area contributed by atoms with Crippen LogP contribution in [0.2, 0.25) is 0 Å². The second-order valence-electron chi connectivity index (χ2n) is 7.14. The number of hydrogen-bond donors (Lipinski definition) is 1. The molecule has 138 valence electrons. The van der Waals surface area contributed by atoms with E-state index in [0.29, 0.717) is 6.54 Å². The lowest BCUT2D eigenvalue weighted by atomic mass is 10.2. The summed E-state index contributed by atoms with van der Waals surface area (Å²) < 4.78 is 1.88. The van der Waals surface area contributed by atoms with Crippen LogP contribution in [0, 0.1) is 20.8 Å². The monoisotopic (exact) mass is 360 g/mol. The molecular weight excluding hydrogens is 336 g/mol. The molecule has 3 aromatic rings. The SMILES string of the molecule is Cc1ccc(-n2nc(C)c(NC(=O)CN3CCc4ccccc43)c2C)cc1. The van der Waals surface area contributed by atoms with E-state index in [2.05, 4.69) is 52.6 Å². The quantitative estimate of drug-likeness (QED) is 0.770. The number of amides is 1. The van der Waals surface area contributed by atoms with Gasteiger partial charge < -0.3 is 10.2 Å². The van der Waals surface area contributed by atoms with Crippen LogP contribution in [0.15, 0.2) is 48.5 Å². The highest BCUT2D eigenvalue weighted by Crippen LogP contribution is 2.27. The molecule has 27 heavy (non-hydrogen) atoms. The topological polar surface area (TPSA) is 50.2 Å². The van der Waals surface area contributed by atoms with Gasteiger partial charge in [0.1, 0.15) is 0 Å². The van der Waals surface area contributed by atoms with Crippen LogP contribution < -0.4 is 10.2 Å². The van der Waals surface area contributed by atoms with E-state index in [-0.39, 0.29) is 5.91 Å². The number of benzene rings is 2. The zero-order chi connectivity index (χ0) is 19.0. The number of aromatic nitrogens is 2. The van der Waals surface area contributed by atoms with Crippen LogP contribution in [-0.4, -0.2) is 28.8 Å². The molecule has 0 radical (unpaired) electrons. The van der Waals surface area contributed by atoms with Gasteiger partial charge in [-0.05, 0) is 51.0 Å². The molecule has 5 heteroatoms. The number of nitrogens with zero attached hydrogens (tertiary/aromatic N) is 3. The van der Waals surface area contributed by atoms with Crippen LogP contribution in [0.5, 0.6) is 0 Å². The van der Waals surface area contributed by atoms with E-state index in [0.717, 1.165) is 41.4 Å². The second-order valence-corrected chi connectivity index (χ2v) is 7.14. The number of anilines is 2. The van der Waals surface area contributed by atoms with Crippen molar-refractivity contribution < 1.29 is 4.79 Å². The van der Waals surface area contributed by atoms with Crippen LogP contribution in [-0.2, 0) is 11.2 Å². The van der Waals surface area contributed by atoms with Gasteiger partial charge in [-0.3, -0.25) is 4.79 Å². The molecule has 0 bridgehead atoms. The largest absolute Gasteiger partial charge is 0.362 e. The molecule has 1 aliphatic rings. The van der Waals surface area contributed by atoms with Crippen molar-refractivity contribution in [2.75, 3.05) is 23.3 Å². The van der Waals surface area contributed by atoms with E-state index in [4.69, 9.17) is 0 Å². The number of hydrogen-bond acceptors (Lipinski definition) is 3. The molecule has 0 saturated heterocycles. The average molecular weight is 360 g/mol. The zero-order valence-corrected chi connectivity index (χ0v) is 16.0. The Hall–Kier alpha value is -3.08. The molecule has 4 rings (SSSR count). The highest BCUT2D eigenvalue weighted by atomic mass is 16.2. The summed E-state index contributed by atoms with van der Waals surface area (Å²) in [6.45, 7) is 7.21. The van der Waals surface area contributed by atoms with Crippen molar-refractivity contribution in [3.8, 4) is 5.69 Å². The standard InChI is InChI=1S/C22H24N4O/c1-15-8-10-19(11-9-15)26-17(3)22(16(2)24-26)23-21(27)14-25-13-12-18-6-4-5-7-20(18)25/h4-11H,12-14H2,1-3H3,(H,23,27). The first-order valence-electron chi connectivity index (χ1n) is 9.29. The van der Waals surface area contributed by atoms with E-state index in [1.807, 2.05) is 36.7 Å². The van der Waals surface area contributed by atoms with Gasteiger partial charge in [-0.15, -0.1) is 0 Å². The molecule has 0 unspecified atom stereocenters. The third kappa shape index (κ3) is 3.33. The predicted octanol–water partition coefficient (Wildman–Crippen LogP) is 3.80. The second kappa shape index (κ2) is 6.91. The van der Waals surface area contributed by atoms with E-state index >= 15 is 0 Å². The molecule has 2 heterocycles. The average Bonchev–Trinajstić information content (AvgIpc) is 3.19. The number of para-hydroxylation sites is 1. The smallest absolute Gasteiger partial charge is 0.243 e. The van der Waals surface area contributed by atoms with Crippen LogP contribution in [0.4, 0.5) is 11.4 Å². The maximum absolute atomic E-state index is 12.7. The van der Waals surface area contributed by atoms with Crippen LogP contribution in [0.3, 0.4) is 0 Å². The van der Waals surface area contributed by atoms with Crippen molar-refractivity contribution in [2.24, 2.45) is 0 Å². The Morgan fingerprint density at radius 2 is 1.81 bits per heavy atom. The molecule has 1 aromatic heterocycles. The molecule has 2 aromatic carbocycles. The summed E-state index contributed by atoms with van der Waals surface area (Å²) in [6, 6.07) is 16.5. The predicted molar refractivity (Wildman–Crippen MR) is 109 cm³/mol. The van der Waals surface area contributed by atoms with Gasteiger partial charge in [-0.2, -0.15) is 5.10 Å². The molecule has 1 aliphatic heterocycles. The molecule has 0 fully saturated rings. The Bertz CT molecular complexity index is 988. The maximum Gasteiger partial charge on any atom is 0.243 e. The van der Waals surface area contributed by atoms with Gasteiger partial charge in [0, 0.05) is 12.2 Å². The molecular formula is C22H24N4O. The summed E-state index contributed by atoms with van der Waals surface area (Å²) in [6.07, 6.45) is 0.993. The molecule has 0 spiro atoms. The summed E-state index contributed by atoms with van der Waals surface area (Å²) in [4.78, 5) is 14.8. The van der Waals surface area contributed by atoms with Crippen molar-refractivity contribution in [3.63, 3.8) is 0 Å². The first-order valence-corrected chi connectivity index (χ1v) is 9.29. The first kappa shape index (κ1) is 17.3. The van der Waals surface area contributed by atoms with Crippen LogP contribution in [0.1, 0.15) is 22.5 Å². The van der Waals surface area contributed by atoms with Crippen molar-refractivity contribution in [1.29, 1.82) is 0 Å². The fourth-order valence-corrected chi connectivity index (χ4v) is 3.68. The minimum absolute atomic E-state index is 0.0126. The molecule has 0 saturated carbocycles. The highest BCUT2D eigenvalue weighted by molar-refractivity contribution is 5.95. The van der Waals surface area contributed by atoms with E-state index in [9.17, 15) is 4.79 Å². The fraction of sp³-hybridized carbons (Fsp3) is 0.273. The Morgan fingerprint density at radius 1 is 1.07 bits per heavy atom. The van der Waals surface area contributed by atoms with Gasteiger partial charge in [0.25, 0.3) is 0 Å². The first-order chi connectivity index (χ1) is 13.0. The van der Waals surface area contributed by atoms with Crippen molar-refractivity contribution in [1.82, 2.24) is 9.78 Å². The fourth-order valence-electron chi connectivity index (χ4n) is 3.68. The molecule has 0 atom stereocenters. The van der Waals surface area contributed by atoms with Gasteiger partial charge >= 0.3 is 0 Å². The highest BCUT2D eigenvalue weighted by Gasteiger charge is 2.22. The van der Waals surface area contributed by atoms with Crippen molar-refractivity contribution in [2.45, 2.75) is 27.2 Å². The number of fused-ring (bicyclic) bond motifs is 1. The lowest BCUT2D eigenvalue weighted by molar-refractivity contribution is -0.115. The van der Waals surface area contributed by atoms with Gasteiger partial charge in [0.05, 0.1) is 29.3 Å². The van der Waals surface area contributed by atoms with Crippen molar-refractivity contribution >= 4 is 17.3 Å². The van der Waals surface area contributed by atoms with E-state index < -0.39 is 0 Å². The van der Waals surface area contributed by atoms with Crippen LogP contribution in [0.25, 0.3) is 5.69 Å². The van der Waals surface area contributed by atoms with Gasteiger partial charge in [0.15, 0.2) is 0 Å². The Balaban J connectivity index is 1.51. The summed E-state index contributed by atoms with van der Waals surface area (Å²) >= 11 is 0. The minimum Gasteiger partial charge on any atom is -0.362 e. The summed E-state index contributed by atoms with van der Waals surface area (Å²) in [5.74, 6) is -0.0126.